The lowest BCUT2D eigenvalue weighted by Gasteiger charge is -2.18. The van der Waals surface area contributed by atoms with Crippen LogP contribution in [0.2, 0.25) is 0 Å². The van der Waals surface area contributed by atoms with Crippen molar-refractivity contribution in [2.45, 2.75) is 0 Å². The Balaban J connectivity index is 2.23. The first-order chi connectivity index (χ1) is 11.3. The Labute approximate surface area is 133 Å². The number of anilines is 2. The van der Waals surface area contributed by atoms with Gasteiger partial charge in [0.25, 0.3) is 0 Å². The summed E-state index contributed by atoms with van der Waals surface area (Å²) < 4.78 is 0. The lowest BCUT2D eigenvalue weighted by Crippen LogP contribution is -1.99. The Hall–Kier alpha value is -3.00. The first-order valence-corrected chi connectivity index (χ1v) is 7.85. The predicted octanol–water partition coefficient (Wildman–Crippen LogP) is 5.36. The predicted molar refractivity (Wildman–Crippen MR) is 102 cm³/mol. The number of hydrogen-bond acceptors (Lipinski definition) is 2. The van der Waals surface area contributed by atoms with E-state index in [4.69, 9.17) is 5.73 Å². The molecule has 110 valence electrons. The molecule has 0 saturated heterocycles. The number of nitrogen functional groups attached to an aromatic ring is 1. The molecule has 5 rings (SSSR count). The lowest BCUT2D eigenvalue weighted by molar-refractivity contribution is 1.56. The topological polar surface area (TPSA) is 38.0 Å². The molecule has 2 heteroatoms. The molecular weight excluding hydrogens is 280 g/mol. The van der Waals surface area contributed by atoms with Gasteiger partial charge in [-0.3, -0.25) is 0 Å². The van der Waals surface area contributed by atoms with Crippen LogP contribution in [-0.4, -0.2) is 7.05 Å². The third kappa shape index (κ3) is 1.48. The SMILES string of the molecule is CNc1c(N)c2cc3ccccc3c3ccc4cccc1c4c23. The fraction of sp³-hybridized carbons (Fsp3) is 0.0476. The zero-order valence-electron chi connectivity index (χ0n) is 12.9. The molecule has 0 aliphatic carbocycles. The Morgan fingerprint density at radius 1 is 0.696 bits per heavy atom. The quantitative estimate of drug-likeness (QED) is 0.248. The van der Waals surface area contributed by atoms with Gasteiger partial charge in [-0.05, 0) is 33.0 Å². The fourth-order valence-electron chi connectivity index (χ4n) is 3.95. The van der Waals surface area contributed by atoms with E-state index in [1.54, 1.807) is 0 Å². The molecule has 23 heavy (non-hydrogen) atoms. The molecule has 0 aromatic heterocycles. The summed E-state index contributed by atoms with van der Waals surface area (Å²) >= 11 is 0. The highest BCUT2D eigenvalue weighted by Gasteiger charge is 2.16. The average Bonchev–Trinajstić information content (AvgIpc) is 2.60. The number of hydrogen-bond donors (Lipinski definition) is 2. The maximum Gasteiger partial charge on any atom is 0.0657 e. The van der Waals surface area contributed by atoms with Gasteiger partial charge in [-0.25, -0.2) is 0 Å². The second-order valence-electron chi connectivity index (χ2n) is 6.08. The van der Waals surface area contributed by atoms with E-state index in [-0.39, 0.29) is 0 Å². The van der Waals surface area contributed by atoms with Gasteiger partial charge >= 0.3 is 0 Å². The minimum atomic E-state index is 0.828. The molecule has 5 aromatic carbocycles. The van der Waals surface area contributed by atoms with E-state index < -0.39 is 0 Å². The van der Waals surface area contributed by atoms with Crippen molar-refractivity contribution in [1.29, 1.82) is 0 Å². The van der Waals surface area contributed by atoms with Gasteiger partial charge < -0.3 is 11.1 Å². The second kappa shape index (κ2) is 4.26. The van der Waals surface area contributed by atoms with Crippen LogP contribution in [-0.2, 0) is 0 Å². The smallest absolute Gasteiger partial charge is 0.0657 e. The Kier molecular flexibility index (Phi) is 2.32. The van der Waals surface area contributed by atoms with E-state index in [0.717, 1.165) is 16.8 Å². The van der Waals surface area contributed by atoms with Gasteiger partial charge in [-0.2, -0.15) is 0 Å². The largest absolute Gasteiger partial charge is 0.397 e. The first kappa shape index (κ1) is 12.5. The van der Waals surface area contributed by atoms with E-state index >= 15 is 0 Å². The van der Waals surface area contributed by atoms with E-state index in [1.165, 1.54) is 37.7 Å². The minimum Gasteiger partial charge on any atom is -0.397 e. The average molecular weight is 296 g/mol. The van der Waals surface area contributed by atoms with Gasteiger partial charge in [0.15, 0.2) is 0 Å². The fourth-order valence-corrected chi connectivity index (χ4v) is 3.95. The van der Waals surface area contributed by atoms with Crippen LogP contribution in [0.1, 0.15) is 0 Å². The molecule has 0 saturated carbocycles. The molecular formula is C21H16N2. The zero-order chi connectivity index (χ0) is 15.6. The number of fused-ring (bicyclic) bond motifs is 2. The monoisotopic (exact) mass is 296 g/mol. The van der Waals surface area contributed by atoms with Crippen LogP contribution in [0.15, 0.2) is 60.7 Å². The molecule has 0 unspecified atom stereocenters. The van der Waals surface area contributed by atoms with Crippen LogP contribution in [0.5, 0.6) is 0 Å². The lowest BCUT2D eigenvalue weighted by atomic mass is 9.89. The maximum absolute atomic E-state index is 6.54. The van der Waals surface area contributed by atoms with Crippen molar-refractivity contribution in [2.75, 3.05) is 18.1 Å². The Bertz CT molecular complexity index is 1200. The number of nitrogens with two attached hydrogens (primary N) is 1. The molecule has 0 radical (unpaired) electrons. The van der Waals surface area contributed by atoms with Crippen molar-refractivity contribution in [3.8, 4) is 0 Å². The maximum atomic E-state index is 6.54. The van der Waals surface area contributed by atoms with Crippen LogP contribution in [0.3, 0.4) is 0 Å². The summed E-state index contributed by atoms with van der Waals surface area (Å²) in [5, 5.41) is 13.2. The van der Waals surface area contributed by atoms with Crippen molar-refractivity contribution < 1.29 is 0 Å². The Morgan fingerprint density at radius 3 is 2.35 bits per heavy atom. The van der Waals surface area contributed by atoms with Crippen molar-refractivity contribution in [3.63, 3.8) is 0 Å². The molecule has 0 bridgehead atoms. The Morgan fingerprint density at radius 2 is 1.48 bits per heavy atom. The number of rotatable bonds is 1. The van der Waals surface area contributed by atoms with Gasteiger partial charge in [0.05, 0.1) is 11.4 Å². The number of nitrogens with one attached hydrogen (secondary N) is 1. The summed E-state index contributed by atoms with van der Waals surface area (Å²) in [6.07, 6.45) is 0. The highest BCUT2D eigenvalue weighted by atomic mass is 14.9. The minimum absolute atomic E-state index is 0.828. The van der Waals surface area contributed by atoms with Gasteiger partial charge in [-0.15, -0.1) is 0 Å². The molecule has 0 fully saturated rings. The van der Waals surface area contributed by atoms with Crippen molar-refractivity contribution in [2.24, 2.45) is 0 Å². The van der Waals surface area contributed by atoms with Crippen LogP contribution in [0, 0.1) is 0 Å². The van der Waals surface area contributed by atoms with E-state index in [1.807, 2.05) is 7.05 Å². The first-order valence-electron chi connectivity index (χ1n) is 7.85. The highest BCUT2D eigenvalue weighted by molar-refractivity contribution is 6.34. The molecule has 0 aliphatic heterocycles. The third-order valence-electron chi connectivity index (χ3n) is 4.94. The van der Waals surface area contributed by atoms with E-state index in [2.05, 4.69) is 66.0 Å². The van der Waals surface area contributed by atoms with Crippen LogP contribution < -0.4 is 11.1 Å². The molecule has 0 spiro atoms. The summed E-state index contributed by atoms with van der Waals surface area (Å²) in [6, 6.07) is 21.6. The molecule has 3 N–H and O–H groups in total. The van der Waals surface area contributed by atoms with Crippen LogP contribution >= 0.6 is 0 Å². The highest BCUT2D eigenvalue weighted by Crippen LogP contribution is 2.45. The summed E-state index contributed by atoms with van der Waals surface area (Å²) in [4.78, 5) is 0. The molecule has 0 heterocycles. The van der Waals surface area contributed by atoms with Crippen LogP contribution in [0.25, 0.3) is 43.1 Å². The van der Waals surface area contributed by atoms with Gasteiger partial charge in [0.2, 0.25) is 0 Å². The normalized spacial score (nSPS) is 11.9. The molecule has 0 amide bonds. The van der Waals surface area contributed by atoms with Crippen molar-refractivity contribution in [3.05, 3.63) is 60.7 Å². The molecule has 0 atom stereocenters. The molecule has 2 nitrogen and oxygen atoms in total. The third-order valence-corrected chi connectivity index (χ3v) is 4.94. The van der Waals surface area contributed by atoms with Gasteiger partial charge in [0, 0.05) is 23.2 Å². The molecule has 0 aliphatic rings. The molecule has 5 aromatic rings. The van der Waals surface area contributed by atoms with Crippen LogP contribution in [0.4, 0.5) is 11.4 Å². The van der Waals surface area contributed by atoms with Crippen molar-refractivity contribution >= 4 is 54.5 Å². The summed E-state index contributed by atoms with van der Waals surface area (Å²) in [5.74, 6) is 0. The second-order valence-corrected chi connectivity index (χ2v) is 6.08. The summed E-state index contributed by atoms with van der Waals surface area (Å²) in [6.45, 7) is 0. The zero-order valence-corrected chi connectivity index (χ0v) is 12.9. The van der Waals surface area contributed by atoms with E-state index in [0.29, 0.717) is 0 Å². The summed E-state index contributed by atoms with van der Waals surface area (Å²) in [7, 11) is 1.94. The van der Waals surface area contributed by atoms with Gasteiger partial charge in [-0.1, -0.05) is 54.6 Å². The van der Waals surface area contributed by atoms with Gasteiger partial charge in [0.1, 0.15) is 0 Å². The van der Waals surface area contributed by atoms with Crippen molar-refractivity contribution in [1.82, 2.24) is 0 Å². The number of benzene rings is 5. The van der Waals surface area contributed by atoms with E-state index in [9.17, 15) is 0 Å². The summed E-state index contributed by atoms with van der Waals surface area (Å²) in [5.41, 5.74) is 8.39. The standard InChI is InChI=1S/C21H16N2/c1-23-21-16-8-4-6-12-9-10-15-14-7-3-2-5-13(14)11-17(20(21)22)19(15)18(12)16/h2-11,23H,22H2,1H3.